The van der Waals surface area contributed by atoms with E-state index >= 15 is 0 Å². The summed E-state index contributed by atoms with van der Waals surface area (Å²) < 4.78 is 26.8. The lowest BCUT2D eigenvalue weighted by molar-refractivity contribution is 0.261. The fraction of sp³-hybridized carbons (Fsp3) is 0.571. The van der Waals surface area contributed by atoms with Crippen LogP contribution in [0.4, 0.5) is 5.69 Å². The summed E-state index contributed by atoms with van der Waals surface area (Å²) in [6, 6.07) is 5.13. The number of sulfonamides is 1. The third-order valence-electron chi connectivity index (χ3n) is 3.84. The Hall–Kier alpha value is -1.07. The number of piperidine rings is 1. The Labute approximate surface area is 115 Å². The van der Waals surface area contributed by atoms with Crippen molar-refractivity contribution in [3.8, 4) is 0 Å². The minimum absolute atomic E-state index is 0.245. The number of benzene rings is 1. The first-order valence-electron chi connectivity index (χ1n) is 6.81. The number of hydrogen-bond acceptors (Lipinski definition) is 3. The summed E-state index contributed by atoms with van der Waals surface area (Å²) in [5.74, 6) is 0.468. The smallest absolute Gasteiger partial charge is 0.245 e. The number of nitrogen functional groups attached to an aromatic ring is 1. The van der Waals surface area contributed by atoms with E-state index in [0.717, 1.165) is 24.8 Å². The highest BCUT2D eigenvalue weighted by Crippen LogP contribution is 2.28. The molecule has 2 N–H and O–H groups in total. The minimum atomic E-state index is -3.44. The molecular weight excluding hydrogens is 260 g/mol. The fourth-order valence-corrected chi connectivity index (χ4v) is 4.27. The number of aryl methyl sites for hydroxylation is 1. The van der Waals surface area contributed by atoms with E-state index in [-0.39, 0.29) is 4.90 Å². The van der Waals surface area contributed by atoms with Crippen LogP contribution in [0.3, 0.4) is 0 Å². The zero-order valence-electron chi connectivity index (χ0n) is 11.6. The summed E-state index contributed by atoms with van der Waals surface area (Å²) in [5, 5.41) is 0. The number of nitrogens with zero attached hydrogens (tertiary/aromatic N) is 1. The molecule has 4 nitrogen and oxygen atoms in total. The van der Waals surface area contributed by atoms with E-state index in [9.17, 15) is 8.42 Å². The normalized spacial score (nSPS) is 21.5. The highest BCUT2D eigenvalue weighted by molar-refractivity contribution is 7.89. The SMILES string of the molecule is CCC1CCCN(S(=O)(=O)c2ccc(C)cc2N)C1. The van der Waals surface area contributed by atoms with Gasteiger partial charge in [-0.05, 0) is 43.4 Å². The van der Waals surface area contributed by atoms with Crippen molar-refractivity contribution < 1.29 is 8.42 Å². The van der Waals surface area contributed by atoms with Crippen LogP contribution < -0.4 is 5.73 Å². The monoisotopic (exact) mass is 282 g/mol. The first kappa shape index (κ1) is 14.3. The summed E-state index contributed by atoms with van der Waals surface area (Å²) in [5.41, 5.74) is 7.20. The van der Waals surface area contributed by atoms with Crippen LogP contribution in [0.5, 0.6) is 0 Å². The zero-order valence-corrected chi connectivity index (χ0v) is 12.4. The van der Waals surface area contributed by atoms with Crippen LogP contribution in [-0.2, 0) is 10.0 Å². The van der Waals surface area contributed by atoms with E-state index in [1.807, 2.05) is 6.92 Å². The molecule has 1 atom stereocenters. The summed E-state index contributed by atoms with van der Waals surface area (Å²) in [6.07, 6.45) is 3.07. The summed E-state index contributed by atoms with van der Waals surface area (Å²) >= 11 is 0. The van der Waals surface area contributed by atoms with Gasteiger partial charge in [0, 0.05) is 13.1 Å². The maximum absolute atomic E-state index is 12.6. The van der Waals surface area contributed by atoms with Crippen LogP contribution in [0, 0.1) is 12.8 Å². The first-order chi connectivity index (χ1) is 8.95. The molecule has 0 amide bonds. The lowest BCUT2D eigenvalue weighted by Gasteiger charge is -2.31. The molecule has 1 aromatic rings. The molecule has 0 radical (unpaired) electrons. The molecule has 19 heavy (non-hydrogen) atoms. The second-order valence-electron chi connectivity index (χ2n) is 5.32. The van der Waals surface area contributed by atoms with Crippen LogP contribution >= 0.6 is 0 Å². The van der Waals surface area contributed by atoms with Crippen molar-refractivity contribution in [3.05, 3.63) is 23.8 Å². The van der Waals surface area contributed by atoms with Crippen molar-refractivity contribution in [2.75, 3.05) is 18.8 Å². The molecule has 1 fully saturated rings. The molecule has 5 heteroatoms. The molecule has 106 valence electrons. The van der Waals surface area contributed by atoms with Crippen LogP contribution in [0.1, 0.15) is 31.7 Å². The van der Waals surface area contributed by atoms with E-state index in [4.69, 9.17) is 5.73 Å². The van der Waals surface area contributed by atoms with Crippen LogP contribution in [0.15, 0.2) is 23.1 Å². The first-order valence-corrected chi connectivity index (χ1v) is 8.25. The second-order valence-corrected chi connectivity index (χ2v) is 7.23. The second kappa shape index (κ2) is 5.51. The van der Waals surface area contributed by atoms with Crippen LogP contribution in [0.2, 0.25) is 0 Å². The Balaban J connectivity index is 2.31. The molecule has 1 heterocycles. The van der Waals surface area contributed by atoms with Gasteiger partial charge in [-0.15, -0.1) is 0 Å². The molecule has 0 spiro atoms. The molecule has 1 aliphatic rings. The molecule has 1 unspecified atom stereocenters. The van der Waals surface area contributed by atoms with Gasteiger partial charge in [0.2, 0.25) is 10.0 Å². The average Bonchev–Trinajstić information content (AvgIpc) is 2.38. The maximum atomic E-state index is 12.6. The maximum Gasteiger partial charge on any atom is 0.245 e. The van der Waals surface area contributed by atoms with Gasteiger partial charge in [-0.1, -0.05) is 19.4 Å². The van der Waals surface area contributed by atoms with E-state index in [1.54, 1.807) is 22.5 Å². The van der Waals surface area contributed by atoms with Gasteiger partial charge in [-0.2, -0.15) is 4.31 Å². The highest BCUT2D eigenvalue weighted by Gasteiger charge is 2.30. The molecule has 0 aromatic heterocycles. The Morgan fingerprint density at radius 2 is 2.16 bits per heavy atom. The van der Waals surface area contributed by atoms with E-state index in [2.05, 4.69) is 6.92 Å². The highest BCUT2D eigenvalue weighted by atomic mass is 32.2. The third-order valence-corrected chi connectivity index (χ3v) is 5.78. The summed E-state index contributed by atoms with van der Waals surface area (Å²) in [6.45, 7) is 5.24. The molecule has 0 aliphatic carbocycles. The van der Waals surface area contributed by atoms with E-state index in [1.165, 1.54) is 0 Å². The largest absolute Gasteiger partial charge is 0.398 e. The molecule has 1 aromatic carbocycles. The molecule has 0 bridgehead atoms. The van der Waals surface area contributed by atoms with Crippen molar-refractivity contribution in [2.45, 2.75) is 38.0 Å². The Morgan fingerprint density at radius 1 is 1.42 bits per heavy atom. The quantitative estimate of drug-likeness (QED) is 0.866. The van der Waals surface area contributed by atoms with Crippen LogP contribution in [0.25, 0.3) is 0 Å². The zero-order chi connectivity index (χ0) is 14.0. The minimum Gasteiger partial charge on any atom is -0.398 e. The van der Waals surface area contributed by atoms with Crippen molar-refractivity contribution in [1.82, 2.24) is 4.31 Å². The fourth-order valence-electron chi connectivity index (χ4n) is 2.62. The molecule has 1 saturated heterocycles. The Morgan fingerprint density at radius 3 is 2.79 bits per heavy atom. The van der Waals surface area contributed by atoms with Gasteiger partial charge in [0.1, 0.15) is 4.90 Å². The number of anilines is 1. The van der Waals surface area contributed by atoms with Gasteiger partial charge < -0.3 is 5.73 Å². The van der Waals surface area contributed by atoms with Gasteiger partial charge in [-0.3, -0.25) is 0 Å². The van der Waals surface area contributed by atoms with Gasteiger partial charge in [-0.25, -0.2) is 8.42 Å². The molecule has 2 rings (SSSR count). The van der Waals surface area contributed by atoms with Crippen molar-refractivity contribution >= 4 is 15.7 Å². The van der Waals surface area contributed by atoms with E-state index in [0.29, 0.717) is 24.7 Å². The topological polar surface area (TPSA) is 63.4 Å². The average molecular weight is 282 g/mol. The van der Waals surface area contributed by atoms with E-state index < -0.39 is 10.0 Å². The van der Waals surface area contributed by atoms with Crippen LogP contribution in [-0.4, -0.2) is 25.8 Å². The van der Waals surface area contributed by atoms with Crippen molar-refractivity contribution in [3.63, 3.8) is 0 Å². The summed E-state index contributed by atoms with van der Waals surface area (Å²) in [7, 11) is -3.44. The van der Waals surface area contributed by atoms with Gasteiger partial charge in [0.05, 0.1) is 5.69 Å². The Kier molecular flexibility index (Phi) is 4.16. The predicted molar refractivity (Wildman–Crippen MR) is 77.4 cm³/mol. The lowest BCUT2D eigenvalue weighted by Crippen LogP contribution is -2.39. The lowest BCUT2D eigenvalue weighted by atomic mass is 9.97. The molecule has 1 aliphatic heterocycles. The van der Waals surface area contributed by atoms with Crippen molar-refractivity contribution in [2.24, 2.45) is 5.92 Å². The molecule has 0 saturated carbocycles. The number of nitrogens with two attached hydrogens (primary N) is 1. The molecular formula is C14H22N2O2S. The number of rotatable bonds is 3. The summed E-state index contributed by atoms with van der Waals surface area (Å²) in [4.78, 5) is 0.245. The number of hydrogen-bond donors (Lipinski definition) is 1. The van der Waals surface area contributed by atoms with Gasteiger partial charge in [0.15, 0.2) is 0 Å². The van der Waals surface area contributed by atoms with Gasteiger partial charge >= 0.3 is 0 Å². The third kappa shape index (κ3) is 2.92. The van der Waals surface area contributed by atoms with Crippen molar-refractivity contribution in [1.29, 1.82) is 0 Å². The Bertz CT molecular complexity index is 555. The predicted octanol–water partition coefficient (Wildman–Crippen LogP) is 2.39. The standard InChI is InChI=1S/C14H22N2O2S/c1-3-12-5-4-8-16(10-12)19(17,18)14-7-6-11(2)9-13(14)15/h6-7,9,12H,3-5,8,10,15H2,1-2H3. The van der Waals surface area contributed by atoms with Gasteiger partial charge in [0.25, 0.3) is 0 Å².